The molecule has 22 heavy (non-hydrogen) atoms. The largest absolute Gasteiger partial charge is 0.384 e. The lowest BCUT2D eigenvalue weighted by atomic mass is 10.1. The van der Waals surface area contributed by atoms with E-state index >= 15 is 0 Å². The molecule has 1 atom stereocenters. The van der Waals surface area contributed by atoms with Crippen LogP contribution in [0.5, 0.6) is 0 Å². The maximum atomic E-state index is 5.35. The second-order valence-electron chi connectivity index (χ2n) is 6.10. The number of hydrogen-bond donors (Lipinski definition) is 1. The lowest BCUT2D eigenvalue weighted by Gasteiger charge is -2.21. The van der Waals surface area contributed by atoms with Crippen molar-refractivity contribution in [2.45, 2.75) is 39.7 Å². The minimum absolute atomic E-state index is 0.378. The number of rotatable bonds is 6. The molecule has 0 radical (unpaired) electrons. The standard InChI is InChI=1S/C16H28N4O2/c1-5-17-16(20-7-6-13(10-20)11-21-4)18-9-14-8-15(12(2)3)19-22-14/h8,12-13H,5-7,9-11H2,1-4H3,(H,17,18). The van der Waals surface area contributed by atoms with Gasteiger partial charge >= 0.3 is 0 Å². The van der Waals surface area contributed by atoms with Crippen LogP contribution < -0.4 is 5.32 Å². The van der Waals surface area contributed by atoms with Crippen molar-refractivity contribution in [1.82, 2.24) is 15.4 Å². The van der Waals surface area contributed by atoms with Gasteiger partial charge in [-0.3, -0.25) is 0 Å². The van der Waals surface area contributed by atoms with Crippen LogP contribution in [-0.4, -0.2) is 49.4 Å². The van der Waals surface area contributed by atoms with Crippen LogP contribution >= 0.6 is 0 Å². The highest BCUT2D eigenvalue weighted by atomic mass is 16.5. The maximum absolute atomic E-state index is 5.35. The first-order valence-corrected chi connectivity index (χ1v) is 8.11. The summed E-state index contributed by atoms with van der Waals surface area (Å²) < 4.78 is 10.6. The van der Waals surface area contributed by atoms with Crippen LogP contribution in [0.25, 0.3) is 0 Å². The van der Waals surface area contributed by atoms with Crippen molar-refractivity contribution in [3.05, 3.63) is 17.5 Å². The molecule has 1 aromatic rings. The molecule has 0 aliphatic carbocycles. The number of guanidine groups is 1. The van der Waals surface area contributed by atoms with Gasteiger partial charge in [-0.15, -0.1) is 0 Å². The third kappa shape index (κ3) is 4.47. The SMILES string of the molecule is CCNC(=NCc1cc(C(C)C)no1)N1CCC(COC)C1. The summed E-state index contributed by atoms with van der Waals surface area (Å²) in [6, 6.07) is 2.00. The van der Waals surface area contributed by atoms with Crippen LogP contribution in [0, 0.1) is 5.92 Å². The molecular weight excluding hydrogens is 280 g/mol. The van der Waals surface area contributed by atoms with E-state index in [1.54, 1.807) is 7.11 Å². The van der Waals surface area contributed by atoms with Crippen molar-refractivity contribution in [2.24, 2.45) is 10.9 Å². The molecule has 0 amide bonds. The molecule has 1 aliphatic heterocycles. The lowest BCUT2D eigenvalue weighted by molar-refractivity contribution is 0.157. The molecule has 1 saturated heterocycles. The zero-order valence-electron chi connectivity index (χ0n) is 14.1. The molecule has 0 bridgehead atoms. The van der Waals surface area contributed by atoms with Gasteiger partial charge in [-0.2, -0.15) is 0 Å². The number of likely N-dealkylation sites (tertiary alicyclic amines) is 1. The molecule has 0 aromatic carbocycles. The van der Waals surface area contributed by atoms with E-state index < -0.39 is 0 Å². The summed E-state index contributed by atoms with van der Waals surface area (Å²) in [4.78, 5) is 6.99. The highest BCUT2D eigenvalue weighted by Gasteiger charge is 2.24. The van der Waals surface area contributed by atoms with Crippen molar-refractivity contribution >= 4 is 5.96 Å². The lowest BCUT2D eigenvalue weighted by Crippen LogP contribution is -2.40. The normalized spacial score (nSPS) is 19.2. The molecule has 2 heterocycles. The minimum Gasteiger partial charge on any atom is -0.384 e. The first kappa shape index (κ1) is 16.8. The van der Waals surface area contributed by atoms with Gasteiger partial charge in [0.2, 0.25) is 0 Å². The van der Waals surface area contributed by atoms with E-state index in [1.165, 1.54) is 0 Å². The van der Waals surface area contributed by atoms with Crippen LogP contribution in [-0.2, 0) is 11.3 Å². The van der Waals surface area contributed by atoms with E-state index in [9.17, 15) is 0 Å². The van der Waals surface area contributed by atoms with E-state index in [4.69, 9.17) is 9.26 Å². The summed E-state index contributed by atoms with van der Waals surface area (Å²) >= 11 is 0. The van der Waals surface area contributed by atoms with Gasteiger partial charge in [-0.25, -0.2) is 4.99 Å². The Kier molecular flexibility index (Phi) is 6.24. The number of methoxy groups -OCH3 is 1. The highest BCUT2D eigenvalue weighted by Crippen LogP contribution is 2.17. The average molecular weight is 308 g/mol. The van der Waals surface area contributed by atoms with Crippen molar-refractivity contribution in [3.63, 3.8) is 0 Å². The summed E-state index contributed by atoms with van der Waals surface area (Å²) in [5.41, 5.74) is 0.983. The van der Waals surface area contributed by atoms with E-state index in [0.717, 1.165) is 50.1 Å². The van der Waals surface area contributed by atoms with Gasteiger partial charge in [0.1, 0.15) is 6.54 Å². The van der Waals surface area contributed by atoms with E-state index in [1.807, 2.05) is 6.07 Å². The smallest absolute Gasteiger partial charge is 0.194 e. The molecule has 6 nitrogen and oxygen atoms in total. The molecule has 1 fully saturated rings. The van der Waals surface area contributed by atoms with Gasteiger partial charge in [0.05, 0.1) is 12.3 Å². The van der Waals surface area contributed by atoms with Crippen LogP contribution in [0.2, 0.25) is 0 Å². The molecule has 0 spiro atoms. The summed E-state index contributed by atoms with van der Waals surface area (Å²) in [5, 5.41) is 7.44. The maximum Gasteiger partial charge on any atom is 0.194 e. The van der Waals surface area contributed by atoms with E-state index in [-0.39, 0.29) is 0 Å². The number of aromatic nitrogens is 1. The molecular formula is C16H28N4O2. The van der Waals surface area contributed by atoms with Crippen LogP contribution in [0.4, 0.5) is 0 Å². The fraction of sp³-hybridized carbons (Fsp3) is 0.750. The highest BCUT2D eigenvalue weighted by molar-refractivity contribution is 5.80. The Labute approximate surface area is 132 Å². The van der Waals surface area contributed by atoms with Gasteiger partial charge in [-0.05, 0) is 19.3 Å². The van der Waals surface area contributed by atoms with Gasteiger partial charge in [0.15, 0.2) is 11.7 Å². The third-order valence-electron chi connectivity index (χ3n) is 3.88. The molecule has 1 N–H and O–H groups in total. The Morgan fingerprint density at radius 3 is 3.05 bits per heavy atom. The number of nitrogens with one attached hydrogen (secondary N) is 1. The monoisotopic (exact) mass is 308 g/mol. The topological polar surface area (TPSA) is 62.9 Å². The number of aliphatic imine (C=N–C) groups is 1. The van der Waals surface area contributed by atoms with Crippen molar-refractivity contribution in [2.75, 3.05) is 33.4 Å². The first-order valence-electron chi connectivity index (χ1n) is 8.11. The van der Waals surface area contributed by atoms with Gasteiger partial charge < -0.3 is 19.5 Å². The Hall–Kier alpha value is -1.56. The van der Waals surface area contributed by atoms with E-state index in [0.29, 0.717) is 18.4 Å². The molecule has 124 valence electrons. The predicted octanol–water partition coefficient (Wildman–Crippen LogP) is 2.23. The summed E-state index contributed by atoms with van der Waals surface area (Å²) in [6.45, 7) is 10.5. The molecule has 2 rings (SSSR count). The quantitative estimate of drug-likeness (QED) is 0.645. The van der Waals surface area contributed by atoms with Gasteiger partial charge in [-0.1, -0.05) is 19.0 Å². The first-order chi connectivity index (χ1) is 10.6. The Morgan fingerprint density at radius 2 is 2.41 bits per heavy atom. The second kappa shape index (κ2) is 8.17. The number of ether oxygens (including phenoxy) is 1. The molecule has 1 aromatic heterocycles. The molecule has 1 aliphatic rings. The van der Waals surface area contributed by atoms with Crippen LogP contribution in [0.1, 0.15) is 44.6 Å². The Morgan fingerprint density at radius 1 is 1.59 bits per heavy atom. The number of nitrogens with zero attached hydrogens (tertiary/aromatic N) is 3. The summed E-state index contributed by atoms with van der Waals surface area (Å²) in [5.74, 6) is 2.73. The fourth-order valence-corrected chi connectivity index (χ4v) is 2.65. The molecule has 1 unspecified atom stereocenters. The minimum atomic E-state index is 0.378. The van der Waals surface area contributed by atoms with Crippen LogP contribution in [0.3, 0.4) is 0 Å². The molecule has 6 heteroatoms. The average Bonchev–Trinajstić information content (AvgIpc) is 3.13. The van der Waals surface area contributed by atoms with E-state index in [2.05, 4.69) is 41.1 Å². The third-order valence-corrected chi connectivity index (χ3v) is 3.88. The zero-order valence-corrected chi connectivity index (χ0v) is 14.1. The van der Waals surface area contributed by atoms with Gasteiger partial charge in [0.25, 0.3) is 0 Å². The van der Waals surface area contributed by atoms with Crippen LogP contribution in [0.15, 0.2) is 15.6 Å². The van der Waals surface area contributed by atoms with Crippen molar-refractivity contribution in [3.8, 4) is 0 Å². The predicted molar refractivity (Wildman–Crippen MR) is 87.0 cm³/mol. The number of hydrogen-bond acceptors (Lipinski definition) is 4. The summed E-state index contributed by atoms with van der Waals surface area (Å²) in [7, 11) is 1.76. The van der Waals surface area contributed by atoms with Crippen molar-refractivity contribution < 1.29 is 9.26 Å². The fourth-order valence-electron chi connectivity index (χ4n) is 2.65. The second-order valence-corrected chi connectivity index (χ2v) is 6.10. The zero-order chi connectivity index (χ0) is 15.9. The Bertz CT molecular complexity index is 484. The molecule has 0 saturated carbocycles. The Balaban J connectivity index is 1.97. The van der Waals surface area contributed by atoms with Crippen molar-refractivity contribution in [1.29, 1.82) is 0 Å². The summed E-state index contributed by atoms with van der Waals surface area (Å²) in [6.07, 6.45) is 1.15. The van der Waals surface area contributed by atoms with Gasteiger partial charge in [0, 0.05) is 38.7 Å².